The van der Waals surface area contributed by atoms with Gasteiger partial charge in [-0.15, -0.1) is 0 Å². The minimum Gasteiger partial charge on any atom is -0.201 e. The Labute approximate surface area is 183 Å². The molecule has 2 aromatic carbocycles. The van der Waals surface area contributed by atoms with E-state index in [0.717, 1.165) is 6.42 Å². The van der Waals surface area contributed by atoms with Gasteiger partial charge in [-0.25, -0.2) is 4.57 Å². The topological polar surface area (TPSA) is 3.88 Å². The van der Waals surface area contributed by atoms with Crippen LogP contribution in [0, 0.1) is 23.7 Å². The molecule has 154 valence electrons. The first-order chi connectivity index (χ1) is 14.7. The average molecular weight is 398 g/mol. The summed E-state index contributed by atoms with van der Waals surface area (Å²) in [4.78, 5) is 0. The van der Waals surface area contributed by atoms with Crippen LogP contribution in [0.25, 0.3) is 22.4 Å². The molecule has 1 heterocycles. The SMILES string of the molecule is [2H]C1(c2ccc(-c3cc[n+](C)c(-c4ccccc4C)c3)cc2)CC2CCC1(C)C2(C)C. The zero-order chi connectivity index (χ0) is 22.0. The van der Waals surface area contributed by atoms with Crippen LogP contribution in [0.15, 0.2) is 66.9 Å². The monoisotopic (exact) mass is 397 g/mol. The van der Waals surface area contributed by atoms with E-state index in [9.17, 15) is 1.37 Å². The normalized spacial score (nSPS) is 29.8. The summed E-state index contributed by atoms with van der Waals surface area (Å²) in [5, 5.41) is 0. The van der Waals surface area contributed by atoms with Crippen molar-refractivity contribution in [2.75, 3.05) is 0 Å². The maximum absolute atomic E-state index is 9.53. The van der Waals surface area contributed by atoms with Crippen molar-refractivity contribution < 1.29 is 5.94 Å². The summed E-state index contributed by atoms with van der Waals surface area (Å²) in [6, 6.07) is 21.9. The van der Waals surface area contributed by atoms with Gasteiger partial charge >= 0.3 is 0 Å². The summed E-state index contributed by atoms with van der Waals surface area (Å²) in [7, 11) is 2.11. The number of hydrogen-bond donors (Lipinski definition) is 0. The first kappa shape index (κ1) is 18.4. The Morgan fingerprint density at radius 2 is 1.70 bits per heavy atom. The summed E-state index contributed by atoms with van der Waals surface area (Å²) in [5.74, 6) is 0.188. The van der Waals surface area contributed by atoms with Gasteiger partial charge in [0.25, 0.3) is 0 Å². The number of benzene rings is 2. The smallest absolute Gasteiger partial charge is 0.201 e. The number of aromatic nitrogens is 1. The van der Waals surface area contributed by atoms with Gasteiger partial charge in [-0.05, 0) is 77.1 Å². The first-order valence-corrected chi connectivity index (χ1v) is 11.3. The second-order valence-corrected chi connectivity index (χ2v) is 10.3. The molecular weight excluding hydrogens is 362 g/mol. The summed E-state index contributed by atoms with van der Waals surface area (Å²) in [6.07, 6.45) is 5.60. The van der Waals surface area contributed by atoms with E-state index < -0.39 is 5.89 Å². The molecule has 2 bridgehead atoms. The predicted octanol–water partition coefficient (Wildman–Crippen LogP) is 7.08. The quantitative estimate of drug-likeness (QED) is 0.416. The summed E-state index contributed by atoms with van der Waals surface area (Å²) in [6.45, 7) is 9.33. The zero-order valence-electron chi connectivity index (χ0n) is 20.0. The summed E-state index contributed by atoms with van der Waals surface area (Å²) in [5.41, 5.74) is 7.69. The fourth-order valence-corrected chi connectivity index (χ4v) is 6.14. The van der Waals surface area contributed by atoms with Gasteiger partial charge < -0.3 is 0 Å². The number of hydrogen-bond acceptors (Lipinski definition) is 0. The fourth-order valence-electron chi connectivity index (χ4n) is 6.14. The summed E-state index contributed by atoms with van der Waals surface area (Å²) >= 11 is 0. The van der Waals surface area contributed by atoms with Crippen molar-refractivity contribution in [2.45, 2.75) is 52.9 Å². The molecule has 0 aliphatic heterocycles. The number of nitrogens with zero attached hydrogens (tertiary/aromatic N) is 1. The predicted molar refractivity (Wildman–Crippen MR) is 125 cm³/mol. The molecule has 3 atom stereocenters. The molecule has 1 heteroatoms. The lowest BCUT2D eigenvalue weighted by atomic mass is 9.65. The van der Waals surface area contributed by atoms with E-state index in [1.165, 1.54) is 46.4 Å². The van der Waals surface area contributed by atoms with Gasteiger partial charge in [-0.1, -0.05) is 63.2 Å². The lowest BCUT2D eigenvalue weighted by molar-refractivity contribution is -0.660. The van der Waals surface area contributed by atoms with E-state index in [0.29, 0.717) is 5.92 Å². The van der Waals surface area contributed by atoms with Crippen LogP contribution < -0.4 is 4.57 Å². The van der Waals surface area contributed by atoms with Crippen molar-refractivity contribution in [1.29, 1.82) is 0 Å². The molecule has 2 fully saturated rings. The largest absolute Gasteiger partial charge is 0.213 e. The highest BCUT2D eigenvalue weighted by Crippen LogP contribution is 2.70. The van der Waals surface area contributed by atoms with Crippen LogP contribution in [-0.2, 0) is 7.05 Å². The molecule has 0 saturated heterocycles. The first-order valence-electron chi connectivity index (χ1n) is 11.8. The minimum absolute atomic E-state index is 0.0463. The Hall–Kier alpha value is -2.41. The molecular formula is C29H34N+. The van der Waals surface area contributed by atoms with Gasteiger partial charge in [0.1, 0.15) is 7.05 Å². The minimum atomic E-state index is -0.479. The molecule has 3 unspecified atom stereocenters. The van der Waals surface area contributed by atoms with Gasteiger partial charge in [-0.3, -0.25) is 0 Å². The Bertz CT molecular complexity index is 1150. The van der Waals surface area contributed by atoms with E-state index in [-0.39, 0.29) is 10.8 Å². The van der Waals surface area contributed by atoms with Crippen LogP contribution in [0.1, 0.15) is 58.4 Å². The molecule has 0 radical (unpaired) electrons. The molecule has 3 aromatic rings. The van der Waals surface area contributed by atoms with E-state index in [1.54, 1.807) is 0 Å². The standard InChI is InChI=1S/C29H34N/c1-20-8-6-7-9-25(20)27-18-23(15-17-30(27)5)21-10-12-22(13-11-21)26-19-24-14-16-29(26,4)28(24,2)3/h6-13,15,17-18,24,26H,14,16,19H2,1-5H3/q+1/i26D. The van der Waals surface area contributed by atoms with E-state index in [1.807, 2.05) is 0 Å². The van der Waals surface area contributed by atoms with Gasteiger partial charge in [0.15, 0.2) is 6.20 Å². The second-order valence-electron chi connectivity index (χ2n) is 10.3. The van der Waals surface area contributed by atoms with Crippen molar-refractivity contribution in [3.05, 3.63) is 78.0 Å². The maximum Gasteiger partial charge on any atom is 0.213 e. The van der Waals surface area contributed by atoms with Crippen LogP contribution in [0.2, 0.25) is 0 Å². The van der Waals surface area contributed by atoms with Crippen molar-refractivity contribution >= 4 is 0 Å². The fraction of sp³-hybridized carbons (Fsp3) is 0.414. The number of fused-ring (bicyclic) bond motifs is 2. The lowest BCUT2D eigenvalue weighted by Crippen LogP contribution is -2.31. The van der Waals surface area contributed by atoms with E-state index >= 15 is 0 Å². The number of aryl methyl sites for hydroxylation is 2. The second kappa shape index (κ2) is 6.80. The van der Waals surface area contributed by atoms with Gasteiger partial charge in [-0.2, -0.15) is 0 Å². The molecule has 1 nitrogen and oxygen atoms in total. The molecule has 0 spiro atoms. The van der Waals surface area contributed by atoms with Gasteiger partial charge in [0, 0.05) is 19.1 Å². The van der Waals surface area contributed by atoms with Crippen LogP contribution >= 0.6 is 0 Å². The zero-order valence-corrected chi connectivity index (χ0v) is 19.0. The van der Waals surface area contributed by atoms with Gasteiger partial charge in [0.2, 0.25) is 5.69 Å². The molecule has 30 heavy (non-hydrogen) atoms. The molecule has 2 saturated carbocycles. The Morgan fingerprint density at radius 1 is 0.967 bits per heavy atom. The molecule has 0 N–H and O–H groups in total. The molecule has 1 aromatic heterocycles. The molecule has 2 aliphatic rings. The Morgan fingerprint density at radius 3 is 2.33 bits per heavy atom. The average Bonchev–Trinajstić information content (AvgIpc) is 3.07. The highest BCUT2D eigenvalue weighted by atomic mass is 14.9. The Kier molecular flexibility index (Phi) is 4.17. The summed E-state index contributed by atoms with van der Waals surface area (Å²) < 4.78 is 11.7. The van der Waals surface area contributed by atoms with E-state index in [4.69, 9.17) is 0 Å². The van der Waals surface area contributed by atoms with Gasteiger partial charge in [0.05, 0.1) is 0 Å². The van der Waals surface area contributed by atoms with E-state index in [2.05, 4.69) is 106 Å². The lowest BCUT2D eigenvalue weighted by Gasteiger charge is -2.39. The van der Waals surface area contributed by atoms with Crippen molar-refractivity contribution in [3.63, 3.8) is 0 Å². The maximum atomic E-state index is 9.53. The third kappa shape index (κ3) is 2.78. The van der Waals surface area contributed by atoms with Crippen LogP contribution in [0.5, 0.6) is 0 Å². The van der Waals surface area contributed by atoms with Crippen molar-refractivity contribution in [2.24, 2.45) is 23.8 Å². The third-order valence-corrected chi connectivity index (χ3v) is 8.69. The molecule has 0 amide bonds. The van der Waals surface area contributed by atoms with Crippen LogP contribution in [-0.4, -0.2) is 0 Å². The van der Waals surface area contributed by atoms with Crippen molar-refractivity contribution in [3.8, 4) is 22.4 Å². The third-order valence-electron chi connectivity index (χ3n) is 8.69. The van der Waals surface area contributed by atoms with Crippen LogP contribution in [0.3, 0.4) is 0 Å². The molecule has 2 aliphatic carbocycles. The highest BCUT2D eigenvalue weighted by Gasteiger charge is 2.61. The highest BCUT2D eigenvalue weighted by molar-refractivity contribution is 5.70. The number of rotatable bonds is 3. The number of pyridine rings is 1. The van der Waals surface area contributed by atoms with Crippen LogP contribution in [0.4, 0.5) is 0 Å². The van der Waals surface area contributed by atoms with Crippen molar-refractivity contribution in [1.82, 2.24) is 0 Å². The molecule has 5 rings (SSSR count). The Balaban J connectivity index is 1.51.